The Kier molecular flexibility index (Phi) is 7.98. The van der Waals surface area contributed by atoms with E-state index >= 15 is 0 Å². The molecular weight excluding hydrogens is 707 g/mol. The van der Waals surface area contributed by atoms with Crippen molar-refractivity contribution in [3.8, 4) is 33.4 Å². The number of benzene rings is 9. The van der Waals surface area contributed by atoms with Gasteiger partial charge in [-0.15, -0.1) is 11.3 Å². The van der Waals surface area contributed by atoms with Crippen molar-refractivity contribution in [1.82, 2.24) is 0 Å². The Labute approximate surface area is 337 Å². The number of thiophene rings is 1. The number of rotatable bonds is 7. The van der Waals surface area contributed by atoms with Crippen LogP contribution >= 0.6 is 11.3 Å². The molecule has 11 rings (SSSR count). The fourth-order valence-electron chi connectivity index (χ4n) is 9.28. The largest absolute Gasteiger partial charge is 0.309 e. The molecule has 1 heterocycles. The first-order chi connectivity index (χ1) is 28.3. The summed E-state index contributed by atoms with van der Waals surface area (Å²) in [6.45, 7) is 0. The molecule has 1 aliphatic carbocycles. The SMILES string of the molecule is c1ccc(-c2ccc(N(c3ccccc3)c3c4c(cc5sc6cc(-c7ccccc7)ccc6c35)C(c3ccccc3)(c3ccccc3)c3ccccc3-4)cc2)cc1. The highest BCUT2D eigenvalue weighted by Gasteiger charge is 2.48. The van der Waals surface area contributed by atoms with E-state index in [0.717, 1.165) is 11.4 Å². The van der Waals surface area contributed by atoms with Crippen molar-refractivity contribution in [3.63, 3.8) is 0 Å². The Hall–Kier alpha value is -7.00. The lowest BCUT2D eigenvalue weighted by atomic mass is 9.67. The number of para-hydroxylation sites is 1. The molecule has 1 aliphatic rings. The van der Waals surface area contributed by atoms with Crippen LogP contribution in [0.15, 0.2) is 224 Å². The predicted molar refractivity (Wildman–Crippen MR) is 242 cm³/mol. The zero-order valence-electron chi connectivity index (χ0n) is 31.2. The maximum atomic E-state index is 2.53. The molecule has 10 aromatic rings. The van der Waals surface area contributed by atoms with Crippen LogP contribution in [0.4, 0.5) is 17.1 Å². The zero-order valence-corrected chi connectivity index (χ0v) is 32.0. The lowest BCUT2D eigenvalue weighted by Gasteiger charge is -2.35. The van der Waals surface area contributed by atoms with E-state index in [1.165, 1.54) is 81.5 Å². The second-order valence-corrected chi connectivity index (χ2v) is 15.9. The second kappa shape index (κ2) is 13.6. The van der Waals surface area contributed by atoms with E-state index in [0.29, 0.717) is 0 Å². The third kappa shape index (κ3) is 5.29. The van der Waals surface area contributed by atoms with E-state index < -0.39 is 5.41 Å². The van der Waals surface area contributed by atoms with Crippen LogP contribution in [0.5, 0.6) is 0 Å². The Morgan fingerprint density at radius 2 is 0.860 bits per heavy atom. The first kappa shape index (κ1) is 33.3. The molecule has 1 aromatic heterocycles. The van der Waals surface area contributed by atoms with Crippen molar-refractivity contribution in [1.29, 1.82) is 0 Å². The van der Waals surface area contributed by atoms with Crippen molar-refractivity contribution in [2.24, 2.45) is 0 Å². The summed E-state index contributed by atoms with van der Waals surface area (Å²) in [5.74, 6) is 0. The van der Waals surface area contributed by atoms with Gasteiger partial charge >= 0.3 is 0 Å². The quantitative estimate of drug-likeness (QED) is 0.157. The Morgan fingerprint density at radius 3 is 1.49 bits per heavy atom. The molecule has 0 radical (unpaired) electrons. The number of nitrogens with zero attached hydrogens (tertiary/aromatic N) is 1. The van der Waals surface area contributed by atoms with Gasteiger partial charge in [0.25, 0.3) is 0 Å². The minimum atomic E-state index is -0.539. The highest BCUT2D eigenvalue weighted by Crippen LogP contribution is 2.62. The fraction of sp³-hybridized carbons (Fsp3) is 0.0182. The van der Waals surface area contributed by atoms with Crippen molar-refractivity contribution >= 4 is 48.6 Å². The van der Waals surface area contributed by atoms with Gasteiger partial charge in [-0.3, -0.25) is 0 Å². The van der Waals surface area contributed by atoms with Crippen LogP contribution in [0, 0.1) is 0 Å². The van der Waals surface area contributed by atoms with Gasteiger partial charge in [0.15, 0.2) is 0 Å². The molecule has 2 heteroatoms. The Balaban J connectivity index is 1.29. The summed E-state index contributed by atoms with van der Waals surface area (Å²) in [6, 6.07) is 82.5. The second-order valence-electron chi connectivity index (χ2n) is 14.8. The van der Waals surface area contributed by atoms with Gasteiger partial charge in [0.05, 0.1) is 11.1 Å². The average Bonchev–Trinajstić information content (AvgIpc) is 3.81. The monoisotopic (exact) mass is 743 g/mol. The zero-order chi connectivity index (χ0) is 37.8. The molecule has 268 valence electrons. The van der Waals surface area contributed by atoms with Crippen LogP contribution in [-0.4, -0.2) is 0 Å². The fourth-order valence-corrected chi connectivity index (χ4v) is 10.5. The maximum absolute atomic E-state index is 2.53. The first-order valence-corrected chi connectivity index (χ1v) is 20.4. The third-order valence-electron chi connectivity index (χ3n) is 11.7. The minimum Gasteiger partial charge on any atom is -0.309 e. The van der Waals surface area contributed by atoms with Crippen LogP contribution in [0.3, 0.4) is 0 Å². The van der Waals surface area contributed by atoms with Crippen molar-refractivity contribution < 1.29 is 0 Å². The standard InChI is InChI=1S/C55H37NS/c1-6-18-38(19-7-1)40-30-33-45(34-31-40)56(44-26-14-5-15-27-44)54-52-46-28-16-17-29-48(46)55(42-22-10-3-11-23-42,43-24-12-4-13-25-43)49(52)37-51-53(54)47-35-32-41(36-50(47)57-51)39-20-8-2-9-21-39/h1-37H. The number of hydrogen-bond donors (Lipinski definition) is 0. The minimum absolute atomic E-state index is 0.539. The van der Waals surface area contributed by atoms with Gasteiger partial charge in [0.2, 0.25) is 0 Å². The van der Waals surface area contributed by atoms with Gasteiger partial charge in [0, 0.05) is 37.1 Å². The van der Waals surface area contributed by atoms with Gasteiger partial charge in [-0.2, -0.15) is 0 Å². The lowest BCUT2D eigenvalue weighted by molar-refractivity contribution is 0.770. The van der Waals surface area contributed by atoms with Crippen LogP contribution in [0.25, 0.3) is 53.6 Å². The van der Waals surface area contributed by atoms with E-state index in [9.17, 15) is 0 Å². The highest BCUT2D eigenvalue weighted by atomic mass is 32.1. The van der Waals surface area contributed by atoms with E-state index in [2.05, 4.69) is 229 Å². The first-order valence-electron chi connectivity index (χ1n) is 19.6. The van der Waals surface area contributed by atoms with Gasteiger partial charge in [-0.25, -0.2) is 0 Å². The maximum Gasteiger partial charge on any atom is 0.0714 e. The highest BCUT2D eigenvalue weighted by molar-refractivity contribution is 7.26. The van der Waals surface area contributed by atoms with E-state index in [1.54, 1.807) is 0 Å². The molecule has 0 bridgehead atoms. The van der Waals surface area contributed by atoms with Crippen LogP contribution in [0.2, 0.25) is 0 Å². The molecule has 9 aromatic carbocycles. The smallest absolute Gasteiger partial charge is 0.0714 e. The molecule has 0 aliphatic heterocycles. The summed E-state index contributed by atoms with van der Waals surface area (Å²) in [7, 11) is 0. The molecule has 0 atom stereocenters. The van der Waals surface area contributed by atoms with Gasteiger partial charge in [0.1, 0.15) is 0 Å². The average molecular weight is 744 g/mol. The lowest BCUT2D eigenvalue weighted by Crippen LogP contribution is -2.28. The van der Waals surface area contributed by atoms with E-state index in [1.807, 2.05) is 11.3 Å². The molecule has 1 nitrogen and oxygen atoms in total. The van der Waals surface area contributed by atoms with Crippen LogP contribution in [0.1, 0.15) is 22.3 Å². The number of fused-ring (bicyclic) bond motifs is 6. The number of anilines is 3. The summed E-state index contributed by atoms with van der Waals surface area (Å²) in [6.07, 6.45) is 0. The molecule has 57 heavy (non-hydrogen) atoms. The molecule has 0 unspecified atom stereocenters. The van der Waals surface area contributed by atoms with Gasteiger partial charge < -0.3 is 4.90 Å². The molecule has 0 spiro atoms. The molecular formula is C55H37NS. The molecule has 0 saturated heterocycles. The van der Waals surface area contributed by atoms with Gasteiger partial charge in [-0.1, -0.05) is 188 Å². The van der Waals surface area contributed by atoms with Gasteiger partial charge in [-0.05, 0) is 86.5 Å². The predicted octanol–water partition coefficient (Wildman–Crippen LogP) is 15.2. The normalized spacial score (nSPS) is 12.7. The van der Waals surface area contributed by atoms with Crippen molar-refractivity contribution in [2.45, 2.75) is 5.41 Å². The molecule has 0 amide bonds. The summed E-state index contributed by atoms with van der Waals surface area (Å²) >= 11 is 1.90. The summed E-state index contributed by atoms with van der Waals surface area (Å²) in [5.41, 5.74) is 15.4. The van der Waals surface area contributed by atoms with Crippen molar-refractivity contribution in [3.05, 3.63) is 247 Å². The van der Waals surface area contributed by atoms with Crippen LogP contribution < -0.4 is 4.90 Å². The van der Waals surface area contributed by atoms with E-state index in [-0.39, 0.29) is 0 Å². The Morgan fingerprint density at radius 1 is 0.368 bits per heavy atom. The Bertz CT molecular complexity index is 2990. The number of hydrogen-bond acceptors (Lipinski definition) is 2. The van der Waals surface area contributed by atoms with E-state index in [4.69, 9.17) is 0 Å². The van der Waals surface area contributed by atoms with Crippen molar-refractivity contribution in [2.75, 3.05) is 4.90 Å². The molecule has 0 saturated carbocycles. The van der Waals surface area contributed by atoms with Crippen LogP contribution in [-0.2, 0) is 5.41 Å². The summed E-state index contributed by atoms with van der Waals surface area (Å²) < 4.78 is 2.55. The molecule has 0 N–H and O–H groups in total. The summed E-state index contributed by atoms with van der Waals surface area (Å²) in [5, 5.41) is 2.54. The topological polar surface area (TPSA) is 3.24 Å². The summed E-state index contributed by atoms with van der Waals surface area (Å²) in [4.78, 5) is 2.52. The molecule has 0 fully saturated rings. The third-order valence-corrected chi connectivity index (χ3v) is 12.8.